The number of hydrogen-bond acceptors (Lipinski definition) is 3. The van der Waals surface area contributed by atoms with Gasteiger partial charge in [0, 0.05) is 17.7 Å². The summed E-state index contributed by atoms with van der Waals surface area (Å²) in [4.78, 5) is 22.5. The van der Waals surface area contributed by atoms with Crippen LogP contribution in [0.3, 0.4) is 0 Å². The highest BCUT2D eigenvalue weighted by molar-refractivity contribution is 7.99. The van der Waals surface area contributed by atoms with Gasteiger partial charge in [-0.15, -0.1) is 0 Å². The molecule has 2 N–H and O–H groups in total. The minimum absolute atomic E-state index is 0.0278. The number of carboxylic acid groups (broad SMARTS) is 1. The van der Waals surface area contributed by atoms with Crippen molar-refractivity contribution in [1.82, 2.24) is 5.32 Å². The van der Waals surface area contributed by atoms with Crippen molar-refractivity contribution in [2.24, 2.45) is 5.92 Å². The van der Waals surface area contributed by atoms with Gasteiger partial charge in [-0.1, -0.05) is 13.3 Å². The Balaban J connectivity index is 2.41. The molecule has 0 radical (unpaired) electrons. The maximum absolute atomic E-state index is 11.6. The molecule has 5 heteroatoms. The monoisotopic (exact) mass is 245 g/mol. The molecule has 0 aromatic carbocycles. The van der Waals surface area contributed by atoms with Gasteiger partial charge in [-0.2, -0.15) is 11.8 Å². The van der Waals surface area contributed by atoms with Gasteiger partial charge in [0.15, 0.2) is 0 Å². The average molecular weight is 245 g/mol. The van der Waals surface area contributed by atoms with E-state index in [4.69, 9.17) is 5.11 Å². The molecule has 1 fully saturated rings. The van der Waals surface area contributed by atoms with Crippen molar-refractivity contribution >= 4 is 23.6 Å². The zero-order valence-electron chi connectivity index (χ0n) is 9.73. The Labute approximate surface area is 100 Å². The molecule has 0 aromatic heterocycles. The van der Waals surface area contributed by atoms with Gasteiger partial charge >= 0.3 is 5.97 Å². The lowest BCUT2D eigenvalue weighted by Crippen LogP contribution is -2.40. The highest BCUT2D eigenvalue weighted by Gasteiger charge is 2.33. The van der Waals surface area contributed by atoms with Crippen LogP contribution < -0.4 is 5.32 Å². The molecule has 1 rings (SSSR count). The third kappa shape index (κ3) is 3.70. The van der Waals surface area contributed by atoms with Crippen LogP contribution in [-0.4, -0.2) is 34.5 Å². The number of carboxylic acids is 1. The fourth-order valence-electron chi connectivity index (χ4n) is 2.04. The molecule has 1 unspecified atom stereocenters. The molecule has 1 saturated carbocycles. The molecular formula is C11H19NO3S. The minimum Gasteiger partial charge on any atom is -0.481 e. The van der Waals surface area contributed by atoms with Gasteiger partial charge in [0.2, 0.25) is 5.91 Å². The molecule has 0 aliphatic heterocycles. The van der Waals surface area contributed by atoms with Gasteiger partial charge in [0.1, 0.15) is 0 Å². The van der Waals surface area contributed by atoms with E-state index in [0.29, 0.717) is 12.8 Å². The first-order valence-electron chi connectivity index (χ1n) is 5.59. The Kier molecular flexibility index (Phi) is 5.12. The Morgan fingerprint density at radius 1 is 1.50 bits per heavy atom. The van der Waals surface area contributed by atoms with Crippen molar-refractivity contribution in [2.45, 2.75) is 43.9 Å². The maximum Gasteiger partial charge on any atom is 0.308 e. The highest BCUT2D eigenvalue weighted by Crippen LogP contribution is 2.26. The van der Waals surface area contributed by atoms with Crippen molar-refractivity contribution in [3.05, 3.63) is 0 Å². The summed E-state index contributed by atoms with van der Waals surface area (Å²) in [6.45, 7) is 1.99. The average Bonchev–Trinajstić information content (AvgIpc) is 2.65. The molecule has 1 amide bonds. The van der Waals surface area contributed by atoms with E-state index in [2.05, 4.69) is 5.32 Å². The topological polar surface area (TPSA) is 66.4 Å². The van der Waals surface area contributed by atoms with E-state index in [1.54, 1.807) is 11.8 Å². The van der Waals surface area contributed by atoms with Gasteiger partial charge in [-0.3, -0.25) is 9.59 Å². The fraction of sp³-hybridized carbons (Fsp3) is 0.818. The molecular weight excluding hydrogens is 226 g/mol. The summed E-state index contributed by atoms with van der Waals surface area (Å²) in [7, 11) is 0. The number of hydrogen-bond donors (Lipinski definition) is 2. The number of nitrogens with one attached hydrogen (secondary N) is 1. The van der Waals surface area contributed by atoms with E-state index < -0.39 is 11.9 Å². The Hall–Kier alpha value is -0.710. The zero-order valence-corrected chi connectivity index (χ0v) is 10.5. The summed E-state index contributed by atoms with van der Waals surface area (Å²) in [5.74, 6) is -1.21. The van der Waals surface area contributed by atoms with Crippen LogP contribution in [0.2, 0.25) is 0 Å². The lowest BCUT2D eigenvalue weighted by molar-refractivity contribution is -0.142. The third-order valence-electron chi connectivity index (χ3n) is 3.05. The Morgan fingerprint density at radius 2 is 2.19 bits per heavy atom. The second kappa shape index (κ2) is 6.13. The zero-order chi connectivity index (χ0) is 12.1. The van der Waals surface area contributed by atoms with E-state index in [1.165, 1.54) is 0 Å². The van der Waals surface area contributed by atoms with Crippen molar-refractivity contribution in [3.63, 3.8) is 0 Å². The lowest BCUT2D eigenvalue weighted by Gasteiger charge is -2.18. The normalized spacial score (nSPS) is 26.4. The minimum atomic E-state index is -0.791. The molecule has 92 valence electrons. The van der Waals surface area contributed by atoms with Gasteiger partial charge in [0.25, 0.3) is 0 Å². The Morgan fingerprint density at radius 3 is 2.75 bits per heavy atom. The summed E-state index contributed by atoms with van der Waals surface area (Å²) in [6.07, 6.45) is 4.78. The predicted molar refractivity (Wildman–Crippen MR) is 64.5 cm³/mol. The summed E-state index contributed by atoms with van der Waals surface area (Å²) in [5, 5.41) is 12.1. The van der Waals surface area contributed by atoms with Crippen molar-refractivity contribution < 1.29 is 14.7 Å². The largest absolute Gasteiger partial charge is 0.481 e. The second-order valence-electron chi connectivity index (χ2n) is 4.30. The van der Waals surface area contributed by atoms with Crippen LogP contribution in [0.1, 0.15) is 32.6 Å². The number of aliphatic carboxylic acids is 1. The summed E-state index contributed by atoms with van der Waals surface area (Å²) in [5.41, 5.74) is 0. The van der Waals surface area contributed by atoms with Crippen LogP contribution in [0.25, 0.3) is 0 Å². The first-order valence-corrected chi connectivity index (χ1v) is 6.88. The van der Waals surface area contributed by atoms with Gasteiger partial charge < -0.3 is 10.4 Å². The smallest absolute Gasteiger partial charge is 0.308 e. The molecule has 0 spiro atoms. The summed E-state index contributed by atoms with van der Waals surface area (Å²) in [6, 6.07) is -0.168. The Bertz CT molecular complexity index is 270. The standard InChI is InChI=1S/C11H19NO3S/c1-7(16-2)6-10(13)12-9-5-3-4-8(9)11(14)15/h7-9H,3-6H2,1-2H3,(H,12,13)(H,14,15)/t7?,8-,9+/m0/s1. The molecule has 1 aliphatic rings. The number of thioether (sulfide) groups is 1. The lowest BCUT2D eigenvalue weighted by atomic mass is 10.0. The van der Waals surface area contributed by atoms with Crippen molar-refractivity contribution in [1.29, 1.82) is 0 Å². The molecule has 0 heterocycles. The van der Waals surface area contributed by atoms with Crippen molar-refractivity contribution in [2.75, 3.05) is 6.26 Å². The van der Waals surface area contributed by atoms with Crippen molar-refractivity contribution in [3.8, 4) is 0 Å². The molecule has 1 aliphatic carbocycles. The summed E-state index contributed by atoms with van der Waals surface area (Å²) < 4.78 is 0. The van der Waals surface area contributed by atoms with Crippen LogP contribution in [0, 0.1) is 5.92 Å². The second-order valence-corrected chi connectivity index (χ2v) is 5.58. The SMILES string of the molecule is CSC(C)CC(=O)N[C@@H]1CCC[C@@H]1C(=O)O. The van der Waals surface area contributed by atoms with E-state index in [0.717, 1.165) is 12.8 Å². The predicted octanol–water partition coefficient (Wildman–Crippen LogP) is 1.50. The first-order chi connectivity index (χ1) is 7.54. The van der Waals surface area contributed by atoms with Gasteiger partial charge in [0.05, 0.1) is 5.92 Å². The highest BCUT2D eigenvalue weighted by atomic mass is 32.2. The molecule has 4 nitrogen and oxygen atoms in total. The van der Waals surface area contributed by atoms with E-state index in [9.17, 15) is 9.59 Å². The number of carbonyl (C=O) groups is 2. The van der Waals surface area contributed by atoms with Crippen LogP contribution in [-0.2, 0) is 9.59 Å². The third-order valence-corrected chi connectivity index (χ3v) is 4.03. The molecule has 16 heavy (non-hydrogen) atoms. The van der Waals surface area contributed by atoms with E-state index in [1.807, 2.05) is 13.2 Å². The number of rotatable bonds is 5. The fourth-order valence-corrected chi connectivity index (χ4v) is 2.36. The van der Waals surface area contributed by atoms with Crippen LogP contribution in [0.5, 0.6) is 0 Å². The van der Waals surface area contributed by atoms with Crippen LogP contribution in [0.4, 0.5) is 0 Å². The van der Waals surface area contributed by atoms with E-state index >= 15 is 0 Å². The number of amides is 1. The van der Waals surface area contributed by atoms with Gasteiger partial charge in [-0.05, 0) is 19.1 Å². The van der Waals surface area contributed by atoms with Crippen LogP contribution >= 0.6 is 11.8 Å². The maximum atomic E-state index is 11.6. The number of carbonyl (C=O) groups excluding carboxylic acids is 1. The van der Waals surface area contributed by atoms with Gasteiger partial charge in [-0.25, -0.2) is 0 Å². The van der Waals surface area contributed by atoms with E-state index in [-0.39, 0.29) is 17.2 Å². The molecule has 0 saturated heterocycles. The molecule has 0 aromatic rings. The van der Waals surface area contributed by atoms with Crippen LogP contribution in [0.15, 0.2) is 0 Å². The molecule has 3 atom stereocenters. The first kappa shape index (κ1) is 13.4. The quantitative estimate of drug-likeness (QED) is 0.770. The molecule has 0 bridgehead atoms. The summed E-state index contributed by atoms with van der Waals surface area (Å²) >= 11 is 1.64.